The van der Waals surface area contributed by atoms with E-state index >= 15 is 0 Å². The van der Waals surface area contributed by atoms with Crippen LogP contribution in [0.2, 0.25) is 0 Å². The van der Waals surface area contributed by atoms with Crippen LogP contribution < -0.4 is 5.32 Å². The first-order valence-corrected chi connectivity index (χ1v) is 5.40. The van der Waals surface area contributed by atoms with Crippen molar-refractivity contribution in [1.29, 1.82) is 0 Å². The molecule has 0 aliphatic rings. The molecule has 0 saturated heterocycles. The molecule has 1 unspecified atom stereocenters. The lowest BCUT2D eigenvalue weighted by molar-refractivity contribution is 0.0946. The van der Waals surface area contributed by atoms with Gasteiger partial charge in [-0.1, -0.05) is 6.92 Å². The second-order valence-corrected chi connectivity index (χ2v) is 3.94. The summed E-state index contributed by atoms with van der Waals surface area (Å²) in [6, 6.07) is 3.23. The van der Waals surface area contributed by atoms with Crippen LogP contribution in [-0.2, 0) is 0 Å². The molecule has 0 bridgehead atoms. The van der Waals surface area contributed by atoms with Crippen LogP contribution in [0.25, 0.3) is 0 Å². The third-order valence-corrected chi connectivity index (χ3v) is 2.60. The van der Waals surface area contributed by atoms with Crippen molar-refractivity contribution in [3.63, 3.8) is 0 Å². The molecule has 0 aliphatic carbocycles. The van der Waals surface area contributed by atoms with Crippen molar-refractivity contribution in [3.05, 3.63) is 29.6 Å². The molecule has 1 atom stereocenters. The van der Waals surface area contributed by atoms with Crippen molar-refractivity contribution in [1.82, 2.24) is 5.32 Å². The molecule has 3 nitrogen and oxygen atoms in total. The van der Waals surface area contributed by atoms with Crippen LogP contribution >= 0.6 is 11.6 Å². The monoisotopic (exact) mass is 245 g/mol. The van der Waals surface area contributed by atoms with Crippen molar-refractivity contribution >= 4 is 17.5 Å². The molecule has 2 N–H and O–H groups in total. The Morgan fingerprint density at radius 2 is 2.31 bits per heavy atom. The zero-order valence-electron chi connectivity index (χ0n) is 8.84. The lowest BCUT2D eigenvalue weighted by Crippen LogP contribution is -2.28. The van der Waals surface area contributed by atoms with Gasteiger partial charge in [-0.05, 0) is 24.1 Å². The van der Waals surface area contributed by atoms with Gasteiger partial charge in [-0.3, -0.25) is 4.79 Å². The first kappa shape index (κ1) is 12.8. The van der Waals surface area contributed by atoms with Crippen molar-refractivity contribution in [2.75, 3.05) is 12.4 Å². The van der Waals surface area contributed by atoms with Gasteiger partial charge >= 0.3 is 0 Å². The van der Waals surface area contributed by atoms with Gasteiger partial charge < -0.3 is 10.4 Å². The standard InChI is InChI=1S/C11H13ClFNO2/c1-7(5-12)6-14-11(16)9-4-8(13)2-3-10(9)15/h2-4,7,15H,5-6H2,1H3,(H,14,16). The Bertz CT molecular complexity index is 384. The van der Waals surface area contributed by atoms with E-state index in [1.165, 1.54) is 0 Å². The molecule has 0 heterocycles. The van der Waals surface area contributed by atoms with Gasteiger partial charge in [0.2, 0.25) is 0 Å². The molecule has 1 aromatic carbocycles. The molecular weight excluding hydrogens is 233 g/mol. The average Bonchev–Trinajstić information content (AvgIpc) is 2.28. The molecule has 1 amide bonds. The smallest absolute Gasteiger partial charge is 0.255 e. The summed E-state index contributed by atoms with van der Waals surface area (Å²) in [6.45, 7) is 2.26. The van der Waals surface area contributed by atoms with Gasteiger partial charge in [0.15, 0.2) is 0 Å². The van der Waals surface area contributed by atoms with E-state index in [0.29, 0.717) is 12.4 Å². The molecule has 5 heteroatoms. The van der Waals surface area contributed by atoms with Crippen molar-refractivity contribution in [3.8, 4) is 5.75 Å². The normalized spacial score (nSPS) is 12.2. The maximum Gasteiger partial charge on any atom is 0.255 e. The van der Waals surface area contributed by atoms with Gasteiger partial charge in [-0.2, -0.15) is 0 Å². The number of rotatable bonds is 4. The van der Waals surface area contributed by atoms with E-state index in [1.807, 2.05) is 6.92 Å². The van der Waals surface area contributed by atoms with Crippen LogP contribution in [-0.4, -0.2) is 23.4 Å². The zero-order valence-corrected chi connectivity index (χ0v) is 9.59. The fourth-order valence-electron chi connectivity index (χ4n) is 1.11. The summed E-state index contributed by atoms with van der Waals surface area (Å²) < 4.78 is 12.9. The molecule has 1 aromatic rings. The van der Waals surface area contributed by atoms with E-state index in [1.54, 1.807) is 0 Å². The zero-order chi connectivity index (χ0) is 12.1. The second kappa shape index (κ2) is 5.70. The summed E-state index contributed by atoms with van der Waals surface area (Å²) in [4.78, 5) is 11.6. The lowest BCUT2D eigenvalue weighted by atomic mass is 10.1. The number of aromatic hydroxyl groups is 1. The van der Waals surface area contributed by atoms with E-state index in [2.05, 4.69) is 5.32 Å². The lowest BCUT2D eigenvalue weighted by Gasteiger charge is -2.10. The molecule has 0 fully saturated rings. The third-order valence-electron chi connectivity index (χ3n) is 2.08. The maximum absolute atomic E-state index is 12.9. The minimum Gasteiger partial charge on any atom is -0.507 e. The van der Waals surface area contributed by atoms with Gasteiger partial charge in [-0.15, -0.1) is 11.6 Å². The van der Waals surface area contributed by atoms with Crippen molar-refractivity contribution in [2.24, 2.45) is 5.92 Å². The van der Waals surface area contributed by atoms with E-state index in [9.17, 15) is 14.3 Å². The minimum absolute atomic E-state index is 0.0678. The van der Waals surface area contributed by atoms with E-state index in [4.69, 9.17) is 11.6 Å². The highest BCUT2D eigenvalue weighted by Gasteiger charge is 2.12. The molecule has 1 rings (SSSR count). The third kappa shape index (κ3) is 3.38. The molecule has 0 aromatic heterocycles. The number of nitrogens with one attached hydrogen (secondary N) is 1. The summed E-state index contributed by atoms with van der Waals surface area (Å²) in [7, 11) is 0. The van der Waals surface area contributed by atoms with Crippen LogP contribution in [0.1, 0.15) is 17.3 Å². The highest BCUT2D eigenvalue weighted by atomic mass is 35.5. The number of carbonyl (C=O) groups excluding carboxylic acids is 1. The number of alkyl halides is 1. The minimum atomic E-state index is -0.562. The number of hydrogen-bond acceptors (Lipinski definition) is 2. The predicted molar refractivity (Wildman–Crippen MR) is 60.3 cm³/mol. The first-order valence-electron chi connectivity index (χ1n) is 4.87. The quantitative estimate of drug-likeness (QED) is 0.799. The number of phenolic OH excluding ortho intramolecular Hbond substituents is 1. The van der Waals surface area contributed by atoms with Crippen molar-refractivity contribution in [2.45, 2.75) is 6.92 Å². The summed E-state index contributed by atoms with van der Waals surface area (Å²) in [5, 5.41) is 11.9. The van der Waals surface area contributed by atoms with Gasteiger partial charge in [0.1, 0.15) is 11.6 Å². The largest absolute Gasteiger partial charge is 0.507 e. The van der Waals surface area contributed by atoms with E-state index < -0.39 is 11.7 Å². The maximum atomic E-state index is 12.9. The molecule has 0 spiro atoms. The fraction of sp³-hybridized carbons (Fsp3) is 0.364. The Morgan fingerprint density at radius 1 is 1.62 bits per heavy atom. The average molecular weight is 246 g/mol. The van der Waals surface area contributed by atoms with Gasteiger partial charge in [0, 0.05) is 12.4 Å². The molecule has 0 saturated carbocycles. The number of amides is 1. The van der Waals surface area contributed by atoms with E-state index in [0.717, 1.165) is 18.2 Å². The number of phenols is 1. The highest BCUT2D eigenvalue weighted by molar-refractivity contribution is 6.18. The van der Waals surface area contributed by atoms with Crippen LogP contribution in [0.15, 0.2) is 18.2 Å². The summed E-state index contributed by atoms with van der Waals surface area (Å²) in [5.74, 6) is -0.754. The number of hydrogen-bond donors (Lipinski definition) is 2. The van der Waals surface area contributed by atoms with Crippen LogP contribution in [0.4, 0.5) is 4.39 Å². The number of carbonyl (C=O) groups is 1. The Morgan fingerprint density at radius 3 is 2.94 bits per heavy atom. The van der Waals surface area contributed by atoms with Crippen LogP contribution in [0, 0.1) is 11.7 Å². The Labute approximate surface area is 98.2 Å². The van der Waals surface area contributed by atoms with Gasteiger partial charge in [0.05, 0.1) is 5.56 Å². The molecule has 16 heavy (non-hydrogen) atoms. The summed E-state index contributed by atoms with van der Waals surface area (Å²) >= 11 is 5.58. The topological polar surface area (TPSA) is 49.3 Å². The summed E-state index contributed by atoms with van der Waals surface area (Å²) in [6.07, 6.45) is 0. The molecule has 0 radical (unpaired) electrons. The van der Waals surface area contributed by atoms with Gasteiger partial charge in [-0.25, -0.2) is 4.39 Å². The first-order chi connectivity index (χ1) is 7.54. The van der Waals surface area contributed by atoms with Gasteiger partial charge in [0.25, 0.3) is 5.91 Å². The molecule has 0 aliphatic heterocycles. The second-order valence-electron chi connectivity index (χ2n) is 3.63. The SMILES string of the molecule is CC(CCl)CNC(=O)c1cc(F)ccc1O. The summed E-state index contributed by atoms with van der Waals surface area (Å²) in [5.41, 5.74) is -0.0678. The predicted octanol–water partition coefficient (Wildman–Crippen LogP) is 2.14. The number of benzene rings is 1. The Balaban J connectivity index is 2.69. The molecular formula is C11H13ClFNO2. The Kier molecular flexibility index (Phi) is 4.55. The Hall–Kier alpha value is -1.29. The highest BCUT2D eigenvalue weighted by Crippen LogP contribution is 2.17. The van der Waals surface area contributed by atoms with Crippen LogP contribution in [0.3, 0.4) is 0 Å². The molecule has 88 valence electrons. The number of halogens is 2. The fourth-order valence-corrected chi connectivity index (χ4v) is 1.22. The van der Waals surface area contributed by atoms with E-state index in [-0.39, 0.29) is 17.2 Å². The van der Waals surface area contributed by atoms with Crippen LogP contribution in [0.5, 0.6) is 5.75 Å². The van der Waals surface area contributed by atoms with Crippen molar-refractivity contribution < 1.29 is 14.3 Å².